The molecule has 3 heterocycles. The Morgan fingerprint density at radius 3 is 2.63 bits per heavy atom. The smallest absolute Gasteiger partial charge is 0.281 e. The van der Waals surface area contributed by atoms with Gasteiger partial charge in [-0.3, -0.25) is 9.59 Å². The van der Waals surface area contributed by atoms with Gasteiger partial charge in [0.1, 0.15) is 11.5 Å². The maximum Gasteiger partial charge on any atom is 0.281 e. The summed E-state index contributed by atoms with van der Waals surface area (Å²) in [6.45, 7) is 5.33. The Hall–Kier alpha value is -4.16. The fourth-order valence-electron chi connectivity index (χ4n) is 2.70. The van der Waals surface area contributed by atoms with Gasteiger partial charge < -0.3 is 5.32 Å². The van der Waals surface area contributed by atoms with E-state index in [1.54, 1.807) is 37.3 Å². The first kappa shape index (κ1) is 19.2. The van der Waals surface area contributed by atoms with E-state index in [0.717, 1.165) is 4.88 Å². The Kier molecular flexibility index (Phi) is 4.92. The number of carbonyl (C=O) groups is 2. The highest BCUT2D eigenvalue weighted by molar-refractivity contribution is 7.13. The lowest BCUT2D eigenvalue weighted by Crippen LogP contribution is -2.25. The van der Waals surface area contributed by atoms with Crippen molar-refractivity contribution in [3.8, 4) is 16.6 Å². The zero-order valence-electron chi connectivity index (χ0n) is 15.8. The fraction of sp³-hybridized carbons (Fsp3) is 0.0476. The number of rotatable bonds is 3. The summed E-state index contributed by atoms with van der Waals surface area (Å²) in [4.78, 5) is 34.0. The molecule has 2 aromatic heterocycles. The lowest BCUT2D eigenvalue weighted by atomic mass is 10.1. The van der Waals surface area contributed by atoms with E-state index in [1.165, 1.54) is 16.0 Å². The summed E-state index contributed by atoms with van der Waals surface area (Å²) >= 11 is 1.49. The van der Waals surface area contributed by atoms with E-state index in [9.17, 15) is 9.59 Å². The molecule has 0 bridgehead atoms. The minimum atomic E-state index is -0.505. The summed E-state index contributed by atoms with van der Waals surface area (Å²) < 4.78 is 1.32. The number of hydrogen-bond donors (Lipinski definition) is 1. The van der Waals surface area contributed by atoms with Crippen molar-refractivity contribution in [2.24, 2.45) is 9.98 Å². The third-order valence-corrected chi connectivity index (χ3v) is 5.25. The number of amides is 2. The number of carbonyl (C=O) groups excluding carboxylic acids is 2. The summed E-state index contributed by atoms with van der Waals surface area (Å²) in [6.07, 6.45) is 0. The molecular formula is C21H14N6O2S. The molecule has 0 fully saturated rings. The molecule has 30 heavy (non-hydrogen) atoms. The Morgan fingerprint density at radius 2 is 2.00 bits per heavy atom. The molecule has 3 aromatic rings. The van der Waals surface area contributed by atoms with Gasteiger partial charge in [0.05, 0.1) is 27.8 Å². The number of nitriles is 1. The van der Waals surface area contributed by atoms with Crippen LogP contribution in [0.3, 0.4) is 0 Å². The summed E-state index contributed by atoms with van der Waals surface area (Å²) in [5.41, 5.74) is 2.08. The number of anilines is 1. The van der Waals surface area contributed by atoms with Crippen LogP contribution in [-0.2, 0) is 4.79 Å². The topological polar surface area (TPSA) is 112 Å². The van der Waals surface area contributed by atoms with Gasteiger partial charge in [0.15, 0.2) is 0 Å². The molecule has 4 rings (SSSR count). The highest BCUT2D eigenvalue weighted by Crippen LogP contribution is 2.27. The van der Waals surface area contributed by atoms with E-state index < -0.39 is 11.8 Å². The van der Waals surface area contributed by atoms with E-state index in [-0.39, 0.29) is 11.5 Å². The summed E-state index contributed by atoms with van der Waals surface area (Å²) in [7, 11) is 0. The Bertz CT molecular complexity index is 1270. The highest BCUT2D eigenvalue weighted by atomic mass is 32.1. The third-order valence-electron chi connectivity index (χ3n) is 4.35. The highest BCUT2D eigenvalue weighted by Gasteiger charge is 2.23. The molecule has 1 aliphatic heterocycles. The zero-order valence-corrected chi connectivity index (χ0v) is 16.6. The Labute approximate surface area is 175 Å². The van der Waals surface area contributed by atoms with Crippen LogP contribution in [0.4, 0.5) is 5.82 Å². The molecular weight excluding hydrogens is 400 g/mol. The van der Waals surface area contributed by atoms with Gasteiger partial charge in [-0.2, -0.15) is 20.0 Å². The van der Waals surface area contributed by atoms with E-state index in [4.69, 9.17) is 5.26 Å². The zero-order chi connectivity index (χ0) is 21.3. The van der Waals surface area contributed by atoms with Crippen molar-refractivity contribution in [3.05, 3.63) is 71.1 Å². The number of benzene rings is 1. The minimum absolute atomic E-state index is 0.0443. The van der Waals surface area contributed by atoms with Crippen LogP contribution in [0.15, 0.2) is 70.0 Å². The monoisotopic (exact) mass is 414 g/mol. The van der Waals surface area contributed by atoms with Gasteiger partial charge in [-0.25, -0.2) is 4.99 Å². The van der Waals surface area contributed by atoms with Crippen molar-refractivity contribution in [1.29, 1.82) is 5.26 Å². The number of nitrogens with zero attached hydrogens (tertiary/aromatic N) is 5. The maximum atomic E-state index is 12.7. The molecule has 1 aromatic carbocycles. The maximum absolute atomic E-state index is 12.7. The Balaban J connectivity index is 1.74. The predicted molar refractivity (Wildman–Crippen MR) is 115 cm³/mol. The SMILES string of the molecule is C=C1C(=O)N=C(n2nc(-c3cccs3)cc2NC(=O)c2ccc(C#N)cc2)N=C1C. The van der Waals surface area contributed by atoms with Crippen LogP contribution in [-0.4, -0.2) is 33.3 Å². The van der Waals surface area contributed by atoms with E-state index >= 15 is 0 Å². The second-order valence-electron chi connectivity index (χ2n) is 6.34. The molecule has 1 aliphatic rings. The molecule has 0 radical (unpaired) electrons. The van der Waals surface area contributed by atoms with Gasteiger partial charge in [-0.1, -0.05) is 12.6 Å². The van der Waals surface area contributed by atoms with Crippen LogP contribution in [0, 0.1) is 11.3 Å². The molecule has 0 saturated heterocycles. The molecule has 0 spiro atoms. The van der Waals surface area contributed by atoms with E-state index in [1.807, 2.05) is 23.6 Å². The molecule has 0 aliphatic carbocycles. The van der Waals surface area contributed by atoms with Crippen LogP contribution in [0.5, 0.6) is 0 Å². The second-order valence-corrected chi connectivity index (χ2v) is 7.29. The molecule has 2 amide bonds. The van der Waals surface area contributed by atoms with Crippen LogP contribution >= 0.6 is 11.3 Å². The third kappa shape index (κ3) is 3.59. The van der Waals surface area contributed by atoms with E-state index in [0.29, 0.717) is 28.4 Å². The second kappa shape index (κ2) is 7.69. The number of thiophene rings is 1. The van der Waals surface area contributed by atoms with Crippen LogP contribution in [0.25, 0.3) is 10.6 Å². The first-order valence-corrected chi connectivity index (χ1v) is 9.67. The first-order valence-electron chi connectivity index (χ1n) is 8.79. The summed E-state index contributed by atoms with van der Waals surface area (Å²) in [6, 6.07) is 13.7. The van der Waals surface area contributed by atoms with Crippen LogP contribution in [0.1, 0.15) is 22.8 Å². The van der Waals surface area contributed by atoms with Gasteiger partial charge >= 0.3 is 0 Å². The van der Waals surface area contributed by atoms with Gasteiger partial charge in [0.25, 0.3) is 17.8 Å². The lowest BCUT2D eigenvalue weighted by molar-refractivity contribution is -0.113. The van der Waals surface area contributed by atoms with Gasteiger partial charge in [-0.05, 0) is 42.6 Å². The van der Waals surface area contributed by atoms with E-state index in [2.05, 4.69) is 27.0 Å². The van der Waals surface area contributed by atoms with Gasteiger partial charge in [-0.15, -0.1) is 11.3 Å². The van der Waals surface area contributed by atoms with Crippen molar-refractivity contribution < 1.29 is 9.59 Å². The van der Waals surface area contributed by atoms with Crippen molar-refractivity contribution in [3.63, 3.8) is 0 Å². The minimum Gasteiger partial charge on any atom is -0.306 e. The van der Waals surface area contributed by atoms with Crippen molar-refractivity contribution in [1.82, 2.24) is 9.78 Å². The lowest BCUT2D eigenvalue weighted by Gasteiger charge is -2.12. The average Bonchev–Trinajstić information content (AvgIpc) is 3.41. The quantitative estimate of drug-likeness (QED) is 0.661. The Morgan fingerprint density at radius 1 is 1.23 bits per heavy atom. The molecule has 0 unspecified atom stereocenters. The number of nitrogens with one attached hydrogen (secondary N) is 1. The molecule has 9 heteroatoms. The predicted octanol–water partition coefficient (Wildman–Crippen LogP) is 3.50. The van der Waals surface area contributed by atoms with Crippen molar-refractivity contribution in [2.45, 2.75) is 6.92 Å². The normalized spacial score (nSPS) is 13.5. The van der Waals surface area contributed by atoms with Gasteiger partial charge in [0, 0.05) is 11.6 Å². The average molecular weight is 414 g/mol. The molecule has 0 saturated carbocycles. The number of aromatic nitrogens is 2. The van der Waals surface area contributed by atoms with Gasteiger partial charge in [0.2, 0.25) is 0 Å². The first-order chi connectivity index (χ1) is 14.5. The summed E-state index contributed by atoms with van der Waals surface area (Å²) in [5.74, 6) is -0.549. The fourth-order valence-corrected chi connectivity index (χ4v) is 3.38. The van der Waals surface area contributed by atoms with Crippen molar-refractivity contribution >= 4 is 40.6 Å². The molecule has 0 atom stereocenters. The van der Waals surface area contributed by atoms with Crippen LogP contribution in [0.2, 0.25) is 0 Å². The standard InChI is InChI=1S/C21H14N6O2S/c1-12-13(2)23-21(25-19(12)28)27-18(10-16(26-27)17-4-3-9-30-17)24-20(29)15-7-5-14(11-22)6-8-15/h3-10H,1H2,2H3,(H,24,29). The summed E-state index contributed by atoms with van der Waals surface area (Å²) in [5, 5.41) is 18.1. The molecule has 8 nitrogen and oxygen atoms in total. The number of hydrogen-bond acceptors (Lipinski definition) is 6. The molecule has 1 N–H and O–H groups in total. The molecule has 146 valence electrons. The van der Waals surface area contributed by atoms with Crippen molar-refractivity contribution in [2.75, 3.05) is 5.32 Å². The largest absolute Gasteiger partial charge is 0.306 e. The van der Waals surface area contributed by atoms with Crippen LogP contribution < -0.4 is 5.32 Å². The number of aliphatic imine (C=N–C) groups is 2.